The molecule has 15 heavy (non-hydrogen) atoms. The second kappa shape index (κ2) is 4.37. The number of nitrogens with zero attached hydrogens (tertiary/aromatic N) is 3. The van der Waals surface area contributed by atoms with Gasteiger partial charge in [0.2, 0.25) is 5.89 Å². The Labute approximate surface area is 90.5 Å². The van der Waals surface area contributed by atoms with E-state index in [0.717, 1.165) is 5.69 Å². The lowest BCUT2D eigenvalue weighted by Crippen LogP contribution is -2.04. The first kappa shape index (κ1) is 10.1. The van der Waals surface area contributed by atoms with Crippen molar-refractivity contribution in [2.45, 2.75) is 19.5 Å². The van der Waals surface area contributed by atoms with E-state index in [2.05, 4.69) is 20.5 Å². The highest BCUT2D eigenvalue weighted by Gasteiger charge is 2.09. The molecule has 1 atom stereocenters. The van der Waals surface area contributed by atoms with Crippen LogP contribution in [0.1, 0.15) is 24.6 Å². The van der Waals surface area contributed by atoms with Crippen LogP contribution in [0.4, 0.5) is 6.01 Å². The molecule has 0 radical (unpaired) electrons. The third kappa shape index (κ3) is 2.51. The maximum Gasteiger partial charge on any atom is 0.315 e. The molecule has 0 aliphatic carbocycles. The van der Waals surface area contributed by atoms with E-state index < -0.39 is 0 Å². The van der Waals surface area contributed by atoms with Crippen LogP contribution in [0.25, 0.3) is 0 Å². The average molecular weight is 225 g/mol. The highest BCUT2D eigenvalue weighted by Crippen LogP contribution is 2.12. The van der Waals surface area contributed by atoms with Crippen molar-refractivity contribution in [2.75, 3.05) is 5.32 Å². The van der Waals surface area contributed by atoms with Crippen LogP contribution in [-0.4, -0.2) is 15.2 Å². The van der Waals surface area contributed by atoms with Gasteiger partial charge in [0, 0.05) is 5.38 Å². The van der Waals surface area contributed by atoms with E-state index in [1.54, 1.807) is 23.8 Å². The predicted octanol–water partition coefficient (Wildman–Crippen LogP) is 1.16. The molecule has 80 valence electrons. The Morgan fingerprint density at radius 3 is 3.07 bits per heavy atom. The van der Waals surface area contributed by atoms with Crippen molar-refractivity contribution >= 4 is 17.4 Å². The van der Waals surface area contributed by atoms with Gasteiger partial charge in [0.25, 0.3) is 0 Å². The van der Waals surface area contributed by atoms with Crippen molar-refractivity contribution in [2.24, 2.45) is 5.73 Å². The van der Waals surface area contributed by atoms with Crippen molar-refractivity contribution in [3.63, 3.8) is 0 Å². The zero-order chi connectivity index (χ0) is 10.7. The monoisotopic (exact) mass is 225 g/mol. The van der Waals surface area contributed by atoms with Crippen LogP contribution >= 0.6 is 11.3 Å². The van der Waals surface area contributed by atoms with E-state index >= 15 is 0 Å². The summed E-state index contributed by atoms with van der Waals surface area (Å²) in [6, 6.07) is 0.127. The van der Waals surface area contributed by atoms with Gasteiger partial charge >= 0.3 is 6.01 Å². The molecule has 0 fully saturated rings. The summed E-state index contributed by atoms with van der Waals surface area (Å²) < 4.78 is 5.26. The Morgan fingerprint density at radius 2 is 2.47 bits per heavy atom. The molecule has 1 unspecified atom stereocenters. The number of hydrogen-bond acceptors (Lipinski definition) is 7. The Hall–Kier alpha value is -1.47. The summed E-state index contributed by atoms with van der Waals surface area (Å²) in [6.45, 7) is 2.36. The SMILES string of the molecule is CC(N)c1nnc(NCc2cscn2)o1. The molecule has 0 aromatic carbocycles. The van der Waals surface area contributed by atoms with Crippen LogP contribution in [0.3, 0.4) is 0 Å². The zero-order valence-electron chi connectivity index (χ0n) is 8.17. The number of nitrogens with one attached hydrogen (secondary N) is 1. The third-order valence-electron chi connectivity index (χ3n) is 1.73. The number of anilines is 1. The lowest BCUT2D eigenvalue weighted by Gasteiger charge is -1.97. The summed E-state index contributed by atoms with van der Waals surface area (Å²) in [5, 5.41) is 12.5. The molecule has 2 aromatic rings. The second-order valence-electron chi connectivity index (χ2n) is 3.07. The zero-order valence-corrected chi connectivity index (χ0v) is 8.99. The summed E-state index contributed by atoms with van der Waals surface area (Å²) in [5.41, 5.74) is 8.30. The van der Waals surface area contributed by atoms with Crippen molar-refractivity contribution in [3.05, 3.63) is 22.5 Å². The Kier molecular flexibility index (Phi) is 2.93. The second-order valence-corrected chi connectivity index (χ2v) is 3.79. The molecule has 2 rings (SSSR count). The fraction of sp³-hybridized carbons (Fsp3) is 0.375. The van der Waals surface area contributed by atoms with Gasteiger partial charge in [-0.1, -0.05) is 5.10 Å². The van der Waals surface area contributed by atoms with Gasteiger partial charge in [0.15, 0.2) is 0 Å². The topological polar surface area (TPSA) is 89.9 Å². The number of hydrogen-bond donors (Lipinski definition) is 2. The molecule has 0 saturated heterocycles. The minimum absolute atomic E-state index is 0.243. The third-order valence-corrected chi connectivity index (χ3v) is 2.37. The lowest BCUT2D eigenvalue weighted by atomic mass is 10.4. The van der Waals surface area contributed by atoms with E-state index in [1.165, 1.54) is 0 Å². The Balaban J connectivity index is 1.94. The summed E-state index contributed by atoms with van der Waals surface area (Å²) in [5.74, 6) is 0.427. The summed E-state index contributed by atoms with van der Waals surface area (Å²) in [6.07, 6.45) is 0. The minimum atomic E-state index is -0.243. The quantitative estimate of drug-likeness (QED) is 0.811. The molecule has 2 heterocycles. The van der Waals surface area contributed by atoms with Gasteiger partial charge in [-0.3, -0.25) is 0 Å². The molecule has 0 bridgehead atoms. The molecule has 7 heteroatoms. The lowest BCUT2D eigenvalue weighted by molar-refractivity contribution is 0.472. The van der Waals surface area contributed by atoms with Gasteiger partial charge in [0.05, 0.1) is 23.8 Å². The number of nitrogens with two attached hydrogens (primary N) is 1. The molecule has 0 amide bonds. The number of thiazole rings is 1. The summed E-state index contributed by atoms with van der Waals surface area (Å²) in [7, 11) is 0. The molecule has 0 aliphatic rings. The summed E-state index contributed by atoms with van der Waals surface area (Å²) in [4.78, 5) is 4.11. The highest BCUT2D eigenvalue weighted by atomic mass is 32.1. The van der Waals surface area contributed by atoms with Crippen molar-refractivity contribution in [1.29, 1.82) is 0 Å². The normalized spacial score (nSPS) is 12.7. The van der Waals surface area contributed by atoms with Gasteiger partial charge in [-0.25, -0.2) is 4.98 Å². The van der Waals surface area contributed by atoms with Crippen molar-refractivity contribution in [1.82, 2.24) is 15.2 Å². The summed E-state index contributed by atoms with van der Waals surface area (Å²) >= 11 is 1.55. The smallest absolute Gasteiger partial charge is 0.315 e. The van der Waals surface area contributed by atoms with Gasteiger partial charge in [-0.05, 0) is 6.92 Å². The molecule has 0 spiro atoms. The maximum absolute atomic E-state index is 5.58. The molecule has 3 N–H and O–H groups in total. The van der Waals surface area contributed by atoms with Crippen LogP contribution in [-0.2, 0) is 6.54 Å². The van der Waals surface area contributed by atoms with E-state index in [9.17, 15) is 0 Å². The Bertz CT molecular complexity index is 410. The first-order valence-corrected chi connectivity index (χ1v) is 5.40. The van der Waals surface area contributed by atoms with Crippen LogP contribution in [0.2, 0.25) is 0 Å². The minimum Gasteiger partial charge on any atom is -0.406 e. The van der Waals surface area contributed by atoms with Gasteiger partial charge in [-0.2, -0.15) is 0 Å². The fourth-order valence-corrected chi connectivity index (χ4v) is 1.54. The molecule has 0 aliphatic heterocycles. The van der Waals surface area contributed by atoms with Crippen LogP contribution < -0.4 is 11.1 Å². The van der Waals surface area contributed by atoms with E-state index in [-0.39, 0.29) is 6.04 Å². The first-order valence-electron chi connectivity index (χ1n) is 4.45. The molecular formula is C8H11N5OS. The number of rotatable bonds is 4. The number of aromatic nitrogens is 3. The van der Waals surface area contributed by atoms with E-state index in [4.69, 9.17) is 10.2 Å². The standard InChI is InChI=1S/C8H11N5OS/c1-5(9)7-12-13-8(14-7)10-2-6-3-15-4-11-6/h3-5H,2,9H2,1H3,(H,10,13). The average Bonchev–Trinajstić information content (AvgIpc) is 2.86. The first-order chi connectivity index (χ1) is 7.25. The Morgan fingerprint density at radius 1 is 1.60 bits per heavy atom. The molecule has 6 nitrogen and oxygen atoms in total. The molecule has 0 saturated carbocycles. The van der Waals surface area contributed by atoms with Gasteiger partial charge < -0.3 is 15.5 Å². The van der Waals surface area contributed by atoms with E-state index in [1.807, 2.05) is 5.38 Å². The van der Waals surface area contributed by atoms with Gasteiger partial charge in [0.1, 0.15) is 0 Å². The van der Waals surface area contributed by atoms with Gasteiger partial charge in [-0.15, -0.1) is 16.4 Å². The largest absolute Gasteiger partial charge is 0.406 e. The van der Waals surface area contributed by atoms with E-state index in [0.29, 0.717) is 18.5 Å². The van der Waals surface area contributed by atoms with Crippen molar-refractivity contribution < 1.29 is 4.42 Å². The maximum atomic E-state index is 5.58. The predicted molar refractivity (Wildman–Crippen MR) is 56.3 cm³/mol. The van der Waals surface area contributed by atoms with Crippen LogP contribution in [0.15, 0.2) is 15.3 Å². The highest BCUT2D eigenvalue weighted by molar-refractivity contribution is 7.07. The molecule has 2 aromatic heterocycles. The van der Waals surface area contributed by atoms with Crippen molar-refractivity contribution in [3.8, 4) is 0 Å². The molecular weight excluding hydrogens is 214 g/mol. The van der Waals surface area contributed by atoms with Crippen LogP contribution in [0.5, 0.6) is 0 Å². The van der Waals surface area contributed by atoms with Crippen LogP contribution in [0, 0.1) is 0 Å². The fourth-order valence-electron chi connectivity index (χ4n) is 0.981.